The second-order valence-corrected chi connectivity index (χ2v) is 9.73. The van der Waals surface area contributed by atoms with Gasteiger partial charge in [0.05, 0.1) is 19.3 Å². The van der Waals surface area contributed by atoms with E-state index < -0.39 is 0 Å². The zero-order valence-corrected chi connectivity index (χ0v) is 20.1. The van der Waals surface area contributed by atoms with E-state index in [1.807, 2.05) is 36.1 Å². The molecule has 2 amide bonds. The van der Waals surface area contributed by atoms with E-state index in [2.05, 4.69) is 15.1 Å². The minimum atomic E-state index is -0.0633. The number of nitrogens with zero attached hydrogens (tertiary/aromatic N) is 3. The van der Waals surface area contributed by atoms with Crippen molar-refractivity contribution in [1.82, 2.24) is 20.0 Å². The molecule has 4 rings (SSSR count). The van der Waals surface area contributed by atoms with Gasteiger partial charge in [0.2, 0.25) is 5.91 Å². The monoisotopic (exact) mass is 456 g/mol. The maximum Gasteiger partial charge on any atom is 0.254 e. The van der Waals surface area contributed by atoms with Gasteiger partial charge in [-0.1, -0.05) is 31.0 Å². The quantitative estimate of drug-likeness (QED) is 0.608. The largest absolute Gasteiger partial charge is 0.379 e. The first kappa shape index (κ1) is 24.2. The summed E-state index contributed by atoms with van der Waals surface area (Å²) < 4.78 is 5.41. The third kappa shape index (κ3) is 6.34. The molecule has 1 unspecified atom stereocenters. The highest BCUT2D eigenvalue weighted by atomic mass is 16.5. The van der Waals surface area contributed by atoms with Crippen molar-refractivity contribution >= 4 is 11.8 Å². The lowest BCUT2D eigenvalue weighted by molar-refractivity contribution is -0.129. The number of benzene rings is 1. The van der Waals surface area contributed by atoms with Crippen LogP contribution in [-0.4, -0.2) is 98.1 Å². The molecule has 1 aliphatic carbocycles. The van der Waals surface area contributed by atoms with Crippen molar-refractivity contribution in [2.24, 2.45) is 5.92 Å². The van der Waals surface area contributed by atoms with E-state index in [9.17, 15) is 9.59 Å². The molecule has 3 fully saturated rings. The van der Waals surface area contributed by atoms with Gasteiger partial charge < -0.3 is 15.0 Å². The molecule has 1 atom stereocenters. The second-order valence-electron chi connectivity index (χ2n) is 9.73. The number of hydrogen-bond donors (Lipinski definition) is 1. The maximum absolute atomic E-state index is 13.3. The molecule has 7 heteroatoms. The Hall–Kier alpha value is -1.96. The third-order valence-electron chi connectivity index (χ3n) is 7.54. The van der Waals surface area contributed by atoms with Crippen LogP contribution in [0.15, 0.2) is 24.3 Å². The van der Waals surface area contributed by atoms with Crippen LogP contribution in [0.25, 0.3) is 0 Å². The molecular weight excluding hydrogens is 416 g/mol. The van der Waals surface area contributed by atoms with Crippen LogP contribution in [-0.2, 0) is 9.53 Å². The predicted octanol–water partition coefficient (Wildman–Crippen LogP) is 2.15. The fourth-order valence-electron chi connectivity index (χ4n) is 5.58. The van der Waals surface area contributed by atoms with E-state index >= 15 is 0 Å². The van der Waals surface area contributed by atoms with E-state index in [-0.39, 0.29) is 17.9 Å². The normalized spacial score (nSPS) is 21.8. The summed E-state index contributed by atoms with van der Waals surface area (Å²) in [7, 11) is 0. The summed E-state index contributed by atoms with van der Waals surface area (Å²) in [5, 5.41) is 3.24. The molecule has 0 aromatic heterocycles. The highest BCUT2D eigenvalue weighted by Gasteiger charge is 2.37. The standard InChI is InChI=1S/C26H40N4O3/c1-21-7-2-5-10-23(21)26(32)30-15-13-29(14-16-30)24(22-8-3-4-9-22)25(31)27-11-6-12-28-17-19-33-20-18-28/h2,5,7,10,22,24H,3-4,6,8-9,11-20H2,1H3,(H,27,31). The first-order chi connectivity index (χ1) is 16.1. The van der Waals surface area contributed by atoms with E-state index in [4.69, 9.17) is 4.74 Å². The first-order valence-electron chi connectivity index (χ1n) is 12.8. The Morgan fingerprint density at radius 2 is 1.73 bits per heavy atom. The van der Waals surface area contributed by atoms with Gasteiger partial charge >= 0.3 is 0 Å². The second kappa shape index (κ2) is 12.0. The van der Waals surface area contributed by atoms with Crippen LogP contribution < -0.4 is 5.32 Å². The lowest BCUT2D eigenvalue weighted by Crippen LogP contribution is -2.58. The number of rotatable bonds is 8. The molecule has 0 radical (unpaired) electrons. The number of hydrogen-bond acceptors (Lipinski definition) is 5. The number of piperazine rings is 1. The summed E-state index contributed by atoms with van der Waals surface area (Å²) in [6.07, 6.45) is 5.68. The highest BCUT2D eigenvalue weighted by molar-refractivity contribution is 5.95. The first-order valence-corrected chi connectivity index (χ1v) is 12.8. The Balaban J connectivity index is 1.29. The molecule has 1 aromatic rings. The zero-order chi connectivity index (χ0) is 23.0. The van der Waals surface area contributed by atoms with Gasteiger partial charge in [-0.05, 0) is 50.3 Å². The smallest absolute Gasteiger partial charge is 0.254 e. The summed E-state index contributed by atoms with van der Waals surface area (Å²) in [5.74, 6) is 0.725. The van der Waals surface area contributed by atoms with Crippen molar-refractivity contribution in [2.75, 3.05) is 65.6 Å². The number of nitrogens with one attached hydrogen (secondary N) is 1. The lowest BCUT2D eigenvalue weighted by Gasteiger charge is -2.41. The minimum Gasteiger partial charge on any atom is -0.379 e. The molecule has 33 heavy (non-hydrogen) atoms. The number of ether oxygens (including phenoxy) is 1. The summed E-state index contributed by atoms with van der Waals surface area (Å²) in [6, 6.07) is 7.73. The maximum atomic E-state index is 13.3. The van der Waals surface area contributed by atoms with Gasteiger partial charge in [0.15, 0.2) is 0 Å². The summed E-state index contributed by atoms with van der Waals surface area (Å²) >= 11 is 0. The molecule has 2 saturated heterocycles. The van der Waals surface area contributed by atoms with Gasteiger partial charge in [-0.15, -0.1) is 0 Å². The molecule has 182 valence electrons. The SMILES string of the molecule is Cc1ccccc1C(=O)N1CCN(C(C(=O)NCCCN2CCOCC2)C2CCCC2)CC1. The van der Waals surface area contributed by atoms with E-state index in [1.165, 1.54) is 12.8 Å². The molecule has 3 aliphatic rings. The average Bonchev–Trinajstić information content (AvgIpc) is 3.37. The van der Waals surface area contributed by atoms with Gasteiger partial charge in [-0.25, -0.2) is 0 Å². The minimum absolute atomic E-state index is 0.0633. The molecule has 0 bridgehead atoms. The Morgan fingerprint density at radius 1 is 1.03 bits per heavy atom. The molecular formula is C26H40N4O3. The molecule has 2 heterocycles. The van der Waals surface area contributed by atoms with Gasteiger partial charge in [0, 0.05) is 51.4 Å². The number of carbonyl (C=O) groups excluding carboxylic acids is 2. The third-order valence-corrected chi connectivity index (χ3v) is 7.54. The molecule has 1 aromatic carbocycles. The molecule has 7 nitrogen and oxygen atoms in total. The van der Waals surface area contributed by atoms with Gasteiger partial charge in [-0.3, -0.25) is 19.4 Å². The number of aryl methyl sites for hydroxylation is 1. The Morgan fingerprint density at radius 3 is 2.42 bits per heavy atom. The van der Waals surface area contributed by atoms with Crippen molar-refractivity contribution in [1.29, 1.82) is 0 Å². The Kier molecular flexibility index (Phi) is 8.75. The topological polar surface area (TPSA) is 65.1 Å². The van der Waals surface area contributed by atoms with E-state index in [1.54, 1.807) is 0 Å². The Labute approximate surface area is 198 Å². The van der Waals surface area contributed by atoms with Crippen LogP contribution in [0.1, 0.15) is 48.0 Å². The summed E-state index contributed by atoms with van der Waals surface area (Å²) in [5.41, 5.74) is 1.81. The zero-order valence-electron chi connectivity index (χ0n) is 20.1. The fourth-order valence-corrected chi connectivity index (χ4v) is 5.58. The molecule has 2 aliphatic heterocycles. The van der Waals surface area contributed by atoms with Crippen LogP contribution in [0.4, 0.5) is 0 Å². The van der Waals surface area contributed by atoms with Gasteiger partial charge in [0.1, 0.15) is 0 Å². The molecule has 1 saturated carbocycles. The van der Waals surface area contributed by atoms with E-state index in [0.717, 1.165) is 82.9 Å². The van der Waals surface area contributed by atoms with Crippen molar-refractivity contribution in [3.8, 4) is 0 Å². The molecule has 0 spiro atoms. The van der Waals surface area contributed by atoms with Crippen LogP contribution >= 0.6 is 0 Å². The summed E-state index contributed by atoms with van der Waals surface area (Å²) in [4.78, 5) is 33.0. The fraction of sp³-hybridized carbons (Fsp3) is 0.692. The van der Waals surface area contributed by atoms with Crippen molar-refractivity contribution in [2.45, 2.75) is 45.1 Å². The summed E-state index contributed by atoms with van der Waals surface area (Å²) in [6.45, 7) is 10.2. The van der Waals surface area contributed by atoms with Crippen LogP contribution in [0.3, 0.4) is 0 Å². The van der Waals surface area contributed by atoms with Gasteiger partial charge in [-0.2, -0.15) is 0 Å². The number of carbonyl (C=O) groups is 2. The number of amides is 2. The Bertz CT molecular complexity index is 781. The average molecular weight is 457 g/mol. The van der Waals surface area contributed by atoms with Crippen molar-refractivity contribution in [3.05, 3.63) is 35.4 Å². The van der Waals surface area contributed by atoms with Crippen LogP contribution in [0, 0.1) is 12.8 Å². The van der Waals surface area contributed by atoms with Crippen LogP contribution in [0.2, 0.25) is 0 Å². The van der Waals surface area contributed by atoms with Crippen molar-refractivity contribution in [3.63, 3.8) is 0 Å². The van der Waals surface area contributed by atoms with E-state index in [0.29, 0.717) is 19.0 Å². The number of morpholine rings is 1. The highest BCUT2D eigenvalue weighted by Crippen LogP contribution is 2.31. The van der Waals surface area contributed by atoms with Crippen LogP contribution in [0.5, 0.6) is 0 Å². The lowest BCUT2D eigenvalue weighted by atomic mass is 9.95. The van der Waals surface area contributed by atoms with Crippen molar-refractivity contribution < 1.29 is 14.3 Å². The molecule has 1 N–H and O–H groups in total. The predicted molar refractivity (Wildman–Crippen MR) is 129 cm³/mol. The van der Waals surface area contributed by atoms with Gasteiger partial charge in [0.25, 0.3) is 5.91 Å².